The second-order valence-corrected chi connectivity index (χ2v) is 5.80. The van der Waals surface area contributed by atoms with Crippen LogP contribution in [0.15, 0.2) is 0 Å². The van der Waals surface area contributed by atoms with Gasteiger partial charge in [-0.05, 0) is 33.6 Å². The number of hydrogen-bond acceptors (Lipinski definition) is 3. The molecule has 1 aliphatic rings. The average Bonchev–Trinajstić information content (AvgIpc) is 1.99. The minimum Gasteiger partial charge on any atom is -0.388 e. The summed E-state index contributed by atoms with van der Waals surface area (Å²) in [5, 5.41) is 9.99. The van der Waals surface area contributed by atoms with Crippen LogP contribution in [0.2, 0.25) is 0 Å². The Morgan fingerprint density at radius 3 is 2.20 bits per heavy atom. The first kappa shape index (κ1) is 12.9. The summed E-state index contributed by atoms with van der Waals surface area (Å²) in [5.74, 6) is -0.157. The fourth-order valence-electron chi connectivity index (χ4n) is 1.88. The predicted octanol–water partition coefficient (Wildman–Crippen LogP) is 2.32. The minimum absolute atomic E-state index is 0.158. The highest BCUT2D eigenvalue weighted by Crippen LogP contribution is 2.34. The largest absolute Gasteiger partial charge is 0.388 e. The molecule has 0 spiro atoms. The zero-order valence-corrected chi connectivity index (χ0v) is 10.7. The van der Waals surface area contributed by atoms with E-state index in [0.717, 1.165) is 6.42 Å². The molecule has 1 aliphatic heterocycles. The first-order chi connectivity index (χ1) is 6.62. The minimum atomic E-state index is -0.811. The predicted molar refractivity (Wildman–Crippen MR) is 59.6 cm³/mol. The molecular weight excluding hydrogens is 192 g/mol. The molecule has 0 aromatic carbocycles. The van der Waals surface area contributed by atoms with Crippen LogP contribution in [-0.4, -0.2) is 28.7 Å². The van der Waals surface area contributed by atoms with Crippen molar-refractivity contribution >= 4 is 0 Å². The molecule has 0 unspecified atom stereocenters. The molecule has 0 aliphatic carbocycles. The highest BCUT2D eigenvalue weighted by molar-refractivity contribution is 4.87. The molecule has 2 atom stereocenters. The first-order valence-electron chi connectivity index (χ1n) is 5.70. The summed E-state index contributed by atoms with van der Waals surface area (Å²) in [6, 6.07) is 0. The van der Waals surface area contributed by atoms with Gasteiger partial charge in [0.1, 0.15) is 0 Å². The summed E-state index contributed by atoms with van der Waals surface area (Å²) < 4.78 is 11.6. The monoisotopic (exact) mass is 216 g/mol. The molecule has 3 heteroatoms. The third kappa shape index (κ3) is 3.44. The van der Waals surface area contributed by atoms with Crippen molar-refractivity contribution in [3.8, 4) is 0 Å². The van der Waals surface area contributed by atoms with Crippen molar-refractivity contribution in [2.45, 2.75) is 71.6 Å². The molecule has 1 fully saturated rings. The molecule has 1 heterocycles. The second kappa shape index (κ2) is 4.04. The van der Waals surface area contributed by atoms with Crippen molar-refractivity contribution in [1.82, 2.24) is 0 Å². The Morgan fingerprint density at radius 1 is 1.27 bits per heavy atom. The summed E-state index contributed by atoms with van der Waals surface area (Å²) in [4.78, 5) is 0. The molecule has 0 saturated carbocycles. The van der Waals surface area contributed by atoms with Crippen LogP contribution in [-0.2, 0) is 9.47 Å². The van der Waals surface area contributed by atoms with E-state index in [4.69, 9.17) is 9.47 Å². The van der Waals surface area contributed by atoms with Gasteiger partial charge in [-0.15, -0.1) is 0 Å². The number of aliphatic hydroxyl groups is 1. The lowest BCUT2D eigenvalue weighted by molar-refractivity contribution is -0.328. The molecule has 0 radical (unpaired) electrons. The van der Waals surface area contributed by atoms with E-state index in [-0.39, 0.29) is 12.2 Å². The van der Waals surface area contributed by atoms with E-state index in [0.29, 0.717) is 5.92 Å². The number of ether oxygens (including phenoxy) is 2. The van der Waals surface area contributed by atoms with Crippen molar-refractivity contribution in [3.63, 3.8) is 0 Å². The molecule has 90 valence electrons. The van der Waals surface area contributed by atoms with Crippen LogP contribution in [0, 0.1) is 5.92 Å². The van der Waals surface area contributed by atoms with Crippen LogP contribution < -0.4 is 0 Å². The van der Waals surface area contributed by atoms with E-state index in [1.165, 1.54) is 0 Å². The second-order valence-electron chi connectivity index (χ2n) is 5.80. The van der Waals surface area contributed by atoms with E-state index in [9.17, 15) is 5.11 Å². The third-order valence-corrected chi connectivity index (χ3v) is 2.84. The lowest BCUT2D eigenvalue weighted by Crippen LogP contribution is -2.53. The van der Waals surface area contributed by atoms with Crippen LogP contribution in [0.4, 0.5) is 0 Å². The Bertz CT molecular complexity index is 215. The van der Waals surface area contributed by atoms with Crippen LogP contribution in [0.25, 0.3) is 0 Å². The van der Waals surface area contributed by atoms with Gasteiger partial charge in [0.2, 0.25) is 0 Å². The lowest BCUT2D eigenvalue weighted by atomic mass is 9.90. The topological polar surface area (TPSA) is 38.7 Å². The molecule has 3 nitrogen and oxygen atoms in total. The van der Waals surface area contributed by atoms with E-state index < -0.39 is 11.4 Å². The molecule has 0 aromatic heterocycles. The molecule has 0 bridgehead atoms. The van der Waals surface area contributed by atoms with Gasteiger partial charge >= 0.3 is 0 Å². The standard InChI is InChI=1S/C12H24O3/c1-8(2)9-7-10(11(3,4)13)15-12(5,6)14-9/h8-10,13H,7H2,1-6H3/t9-,10+/m1/s1. The molecule has 0 aromatic rings. The van der Waals surface area contributed by atoms with E-state index in [1.54, 1.807) is 13.8 Å². The van der Waals surface area contributed by atoms with Crippen LogP contribution in [0.3, 0.4) is 0 Å². The van der Waals surface area contributed by atoms with Crippen molar-refractivity contribution in [2.75, 3.05) is 0 Å². The normalized spacial score (nSPS) is 32.0. The quantitative estimate of drug-likeness (QED) is 0.770. The van der Waals surface area contributed by atoms with Crippen LogP contribution in [0.5, 0.6) is 0 Å². The zero-order valence-electron chi connectivity index (χ0n) is 10.7. The van der Waals surface area contributed by atoms with Gasteiger partial charge in [0.15, 0.2) is 5.79 Å². The van der Waals surface area contributed by atoms with Gasteiger partial charge in [-0.3, -0.25) is 0 Å². The van der Waals surface area contributed by atoms with Crippen LogP contribution in [0.1, 0.15) is 48.0 Å². The summed E-state index contributed by atoms with van der Waals surface area (Å²) in [7, 11) is 0. The molecule has 1 rings (SSSR count). The molecule has 15 heavy (non-hydrogen) atoms. The van der Waals surface area contributed by atoms with E-state index in [2.05, 4.69) is 13.8 Å². The number of rotatable bonds is 2. The van der Waals surface area contributed by atoms with Gasteiger partial charge < -0.3 is 14.6 Å². The Labute approximate surface area is 92.8 Å². The Balaban J connectivity index is 2.77. The summed E-state index contributed by atoms with van der Waals surface area (Å²) in [6.45, 7) is 11.6. The smallest absolute Gasteiger partial charge is 0.163 e. The maximum atomic E-state index is 9.99. The van der Waals surface area contributed by atoms with Gasteiger partial charge in [0, 0.05) is 6.42 Å². The number of hydrogen-bond donors (Lipinski definition) is 1. The van der Waals surface area contributed by atoms with Crippen molar-refractivity contribution in [3.05, 3.63) is 0 Å². The molecule has 0 amide bonds. The van der Waals surface area contributed by atoms with Crippen molar-refractivity contribution < 1.29 is 14.6 Å². The van der Waals surface area contributed by atoms with E-state index in [1.807, 2.05) is 13.8 Å². The maximum Gasteiger partial charge on any atom is 0.163 e. The Hall–Kier alpha value is -0.120. The fourth-order valence-corrected chi connectivity index (χ4v) is 1.88. The summed E-state index contributed by atoms with van der Waals surface area (Å²) >= 11 is 0. The van der Waals surface area contributed by atoms with Gasteiger partial charge in [0.25, 0.3) is 0 Å². The average molecular weight is 216 g/mol. The Morgan fingerprint density at radius 2 is 1.80 bits per heavy atom. The SMILES string of the molecule is CC(C)[C@H]1C[C@@H](C(C)(C)O)OC(C)(C)O1. The van der Waals surface area contributed by atoms with Gasteiger partial charge in [-0.2, -0.15) is 0 Å². The zero-order chi connectivity index (χ0) is 11.9. The summed E-state index contributed by atoms with van der Waals surface area (Å²) in [5.41, 5.74) is -0.811. The molecule has 1 saturated heterocycles. The van der Waals surface area contributed by atoms with Gasteiger partial charge in [-0.25, -0.2) is 0 Å². The lowest BCUT2D eigenvalue weighted by Gasteiger charge is -2.45. The molecule has 1 N–H and O–H groups in total. The van der Waals surface area contributed by atoms with Crippen LogP contribution >= 0.6 is 0 Å². The van der Waals surface area contributed by atoms with Crippen molar-refractivity contribution in [1.29, 1.82) is 0 Å². The Kier molecular flexibility index (Phi) is 3.49. The van der Waals surface area contributed by atoms with E-state index >= 15 is 0 Å². The van der Waals surface area contributed by atoms with Gasteiger partial charge in [-0.1, -0.05) is 13.8 Å². The maximum absolute atomic E-state index is 9.99. The highest BCUT2D eigenvalue weighted by Gasteiger charge is 2.42. The van der Waals surface area contributed by atoms with Gasteiger partial charge in [0.05, 0.1) is 17.8 Å². The summed E-state index contributed by atoms with van der Waals surface area (Å²) in [6.07, 6.45) is 0.753. The third-order valence-electron chi connectivity index (χ3n) is 2.84. The first-order valence-corrected chi connectivity index (χ1v) is 5.70. The fraction of sp³-hybridized carbons (Fsp3) is 1.00. The van der Waals surface area contributed by atoms with Crippen molar-refractivity contribution in [2.24, 2.45) is 5.92 Å². The molecular formula is C12H24O3. The highest BCUT2D eigenvalue weighted by atomic mass is 16.7.